The number of phenols is 1. The van der Waals surface area contributed by atoms with E-state index in [1.165, 1.54) is 0 Å². The number of benzene rings is 2. The highest BCUT2D eigenvalue weighted by molar-refractivity contribution is 6.02. The maximum atomic E-state index is 13.3. The lowest BCUT2D eigenvalue weighted by molar-refractivity contribution is -0.122. The van der Waals surface area contributed by atoms with E-state index in [9.17, 15) is 14.7 Å². The van der Waals surface area contributed by atoms with Crippen LogP contribution in [0, 0.1) is 0 Å². The van der Waals surface area contributed by atoms with E-state index in [1.807, 2.05) is 25.1 Å². The van der Waals surface area contributed by atoms with Crippen LogP contribution in [0.4, 0.5) is 0 Å². The van der Waals surface area contributed by atoms with Crippen molar-refractivity contribution in [2.45, 2.75) is 38.0 Å². The van der Waals surface area contributed by atoms with Gasteiger partial charge in [-0.05, 0) is 54.7 Å². The van der Waals surface area contributed by atoms with Crippen LogP contribution in [-0.4, -0.2) is 37.6 Å². The van der Waals surface area contributed by atoms with Gasteiger partial charge in [-0.2, -0.15) is 0 Å². The number of ether oxygens (including phenoxy) is 3. The number of hydrogen-bond acceptors (Lipinski definition) is 6. The third-order valence-electron chi connectivity index (χ3n) is 6.10. The van der Waals surface area contributed by atoms with Crippen LogP contribution >= 0.6 is 0 Å². The van der Waals surface area contributed by atoms with Crippen molar-refractivity contribution >= 4 is 11.7 Å². The first-order chi connectivity index (χ1) is 15.4. The van der Waals surface area contributed by atoms with Crippen molar-refractivity contribution in [3.8, 4) is 23.0 Å². The van der Waals surface area contributed by atoms with Crippen LogP contribution in [0.5, 0.6) is 23.0 Å². The summed E-state index contributed by atoms with van der Waals surface area (Å²) in [6.07, 6.45) is 1.08. The molecule has 0 aromatic heterocycles. The summed E-state index contributed by atoms with van der Waals surface area (Å²) in [6, 6.07) is 10.7. The molecule has 1 aliphatic heterocycles. The summed E-state index contributed by atoms with van der Waals surface area (Å²) in [5.41, 5.74) is 3.07. The number of phenolic OH excluding ortho intramolecular Hbond substituents is 1. The molecule has 1 heterocycles. The minimum absolute atomic E-state index is 0.0158. The third-order valence-corrected chi connectivity index (χ3v) is 6.10. The third kappa shape index (κ3) is 4.02. The molecule has 0 fully saturated rings. The molecule has 168 valence electrons. The van der Waals surface area contributed by atoms with Crippen LogP contribution in [0.2, 0.25) is 0 Å². The number of carbonyl (C=O) groups is 2. The zero-order valence-corrected chi connectivity index (χ0v) is 18.4. The monoisotopic (exact) mass is 437 g/mol. The van der Waals surface area contributed by atoms with Gasteiger partial charge in [-0.3, -0.25) is 9.59 Å². The quantitative estimate of drug-likeness (QED) is 0.714. The van der Waals surface area contributed by atoms with Gasteiger partial charge in [-0.15, -0.1) is 0 Å². The molecule has 2 aromatic rings. The predicted molar refractivity (Wildman–Crippen MR) is 118 cm³/mol. The zero-order valence-electron chi connectivity index (χ0n) is 18.4. The van der Waals surface area contributed by atoms with Gasteiger partial charge in [0.15, 0.2) is 28.8 Å². The van der Waals surface area contributed by atoms with Crippen LogP contribution in [0.1, 0.15) is 49.1 Å². The van der Waals surface area contributed by atoms with Crippen molar-refractivity contribution in [1.82, 2.24) is 5.32 Å². The number of methoxy groups -OCH3 is 2. The van der Waals surface area contributed by atoms with Crippen molar-refractivity contribution in [2.24, 2.45) is 0 Å². The second-order valence-corrected chi connectivity index (χ2v) is 8.00. The van der Waals surface area contributed by atoms with Gasteiger partial charge in [-0.1, -0.05) is 12.1 Å². The topological polar surface area (TPSA) is 94.1 Å². The van der Waals surface area contributed by atoms with E-state index in [0.29, 0.717) is 48.0 Å². The summed E-state index contributed by atoms with van der Waals surface area (Å²) in [5.74, 6) is 1.08. The fourth-order valence-corrected chi connectivity index (χ4v) is 4.61. The number of aromatic hydroxyl groups is 1. The lowest BCUT2D eigenvalue weighted by Gasteiger charge is -2.34. The molecule has 2 aromatic carbocycles. The second-order valence-electron chi connectivity index (χ2n) is 8.00. The highest BCUT2D eigenvalue weighted by atomic mass is 16.5. The van der Waals surface area contributed by atoms with Crippen LogP contribution in [-0.2, 0) is 9.59 Å². The highest BCUT2D eigenvalue weighted by Gasteiger charge is 2.38. The summed E-state index contributed by atoms with van der Waals surface area (Å²) in [7, 11) is 3.16. The standard InChI is InChI=1S/C25H27NO6/c1-4-32-22-12-15(5-7-19(22)27)17-13-24(29)26-18-9-16(10-20(28)25(17)18)14-6-8-21(30-2)23(11-14)31-3/h5-8,11-12,16-17,27H,4,9-10,13H2,1-3H3,(H,26,29)/t16-,17-/m1/s1. The van der Waals surface area contributed by atoms with Crippen LogP contribution in [0.15, 0.2) is 47.7 Å². The van der Waals surface area contributed by atoms with Crippen molar-refractivity contribution in [3.63, 3.8) is 0 Å². The minimum atomic E-state index is -0.364. The Kier molecular flexibility index (Phi) is 6.08. The Morgan fingerprint density at radius 3 is 2.38 bits per heavy atom. The molecule has 0 spiro atoms. The van der Waals surface area contributed by atoms with Gasteiger partial charge in [0.2, 0.25) is 5.91 Å². The van der Waals surface area contributed by atoms with Gasteiger partial charge in [-0.25, -0.2) is 0 Å². The van der Waals surface area contributed by atoms with Crippen molar-refractivity contribution in [1.29, 1.82) is 0 Å². The zero-order chi connectivity index (χ0) is 22.8. The average Bonchev–Trinajstić information content (AvgIpc) is 2.79. The fourth-order valence-electron chi connectivity index (χ4n) is 4.61. The molecule has 32 heavy (non-hydrogen) atoms. The van der Waals surface area contributed by atoms with Crippen molar-refractivity contribution in [2.75, 3.05) is 20.8 Å². The van der Waals surface area contributed by atoms with Crippen LogP contribution < -0.4 is 19.5 Å². The number of Topliss-reactive ketones (excluding diaryl/α,β-unsaturated/α-hetero) is 1. The number of carbonyl (C=O) groups excluding carboxylic acids is 2. The number of hydrogen-bond donors (Lipinski definition) is 2. The van der Waals surface area contributed by atoms with Gasteiger partial charge in [0.25, 0.3) is 0 Å². The number of amides is 1. The van der Waals surface area contributed by atoms with E-state index in [4.69, 9.17) is 14.2 Å². The van der Waals surface area contributed by atoms with E-state index >= 15 is 0 Å². The lowest BCUT2D eigenvalue weighted by Crippen LogP contribution is -2.38. The first-order valence-corrected chi connectivity index (χ1v) is 10.7. The molecule has 0 saturated heterocycles. The minimum Gasteiger partial charge on any atom is -0.504 e. The van der Waals surface area contributed by atoms with Gasteiger partial charge in [0.1, 0.15) is 0 Å². The Bertz CT molecular complexity index is 1090. The van der Waals surface area contributed by atoms with E-state index < -0.39 is 0 Å². The molecule has 0 saturated carbocycles. The molecule has 2 atom stereocenters. The van der Waals surface area contributed by atoms with Crippen molar-refractivity contribution < 1.29 is 28.9 Å². The molecule has 1 aliphatic carbocycles. The van der Waals surface area contributed by atoms with E-state index in [1.54, 1.807) is 32.4 Å². The van der Waals surface area contributed by atoms with Gasteiger partial charge < -0.3 is 24.6 Å². The molecule has 1 amide bonds. The second kappa shape index (κ2) is 8.94. The number of rotatable bonds is 6. The summed E-state index contributed by atoms with van der Waals surface area (Å²) >= 11 is 0. The van der Waals surface area contributed by atoms with Gasteiger partial charge >= 0.3 is 0 Å². The number of nitrogens with one attached hydrogen (secondary N) is 1. The molecule has 0 unspecified atom stereocenters. The van der Waals surface area contributed by atoms with E-state index in [-0.39, 0.29) is 35.7 Å². The SMILES string of the molecule is CCOc1cc([C@H]2CC(=O)NC3=C2C(=O)C[C@H](c2ccc(OC)c(OC)c2)C3)ccc1O. The molecule has 2 aliphatic rings. The maximum absolute atomic E-state index is 13.3. The molecule has 0 bridgehead atoms. The van der Waals surface area contributed by atoms with Gasteiger partial charge in [0, 0.05) is 30.0 Å². The summed E-state index contributed by atoms with van der Waals surface area (Å²) < 4.78 is 16.2. The lowest BCUT2D eigenvalue weighted by atomic mass is 9.73. The molecular weight excluding hydrogens is 410 g/mol. The van der Waals surface area contributed by atoms with Gasteiger partial charge in [0.05, 0.1) is 20.8 Å². The molecule has 4 rings (SSSR count). The first-order valence-electron chi connectivity index (χ1n) is 10.7. The molecule has 7 nitrogen and oxygen atoms in total. The molecular formula is C25H27NO6. The Labute approximate surface area is 187 Å². The van der Waals surface area contributed by atoms with Crippen molar-refractivity contribution in [3.05, 3.63) is 58.8 Å². The Balaban J connectivity index is 1.69. The Hall–Kier alpha value is -3.48. The number of ketones is 1. The van der Waals surface area contributed by atoms with Crippen LogP contribution in [0.25, 0.3) is 0 Å². The maximum Gasteiger partial charge on any atom is 0.225 e. The molecule has 7 heteroatoms. The first kappa shape index (κ1) is 21.7. The normalized spacial score (nSPS) is 20.5. The predicted octanol–water partition coefficient (Wildman–Crippen LogP) is 3.81. The largest absolute Gasteiger partial charge is 0.504 e. The average molecular weight is 437 g/mol. The summed E-state index contributed by atoms with van der Waals surface area (Å²) in [6.45, 7) is 2.24. The smallest absolute Gasteiger partial charge is 0.225 e. The van der Waals surface area contributed by atoms with E-state index in [2.05, 4.69) is 5.32 Å². The van der Waals surface area contributed by atoms with Crippen LogP contribution in [0.3, 0.4) is 0 Å². The molecule has 2 N–H and O–H groups in total. The Morgan fingerprint density at radius 1 is 0.938 bits per heavy atom. The highest BCUT2D eigenvalue weighted by Crippen LogP contribution is 2.44. The number of allylic oxidation sites excluding steroid dienone is 2. The Morgan fingerprint density at radius 2 is 1.66 bits per heavy atom. The van der Waals surface area contributed by atoms with E-state index in [0.717, 1.165) is 11.1 Å². The fraction of sp³-hybridized carbons (Fsp3) is 0.360. The summed E-state index contributed by atoms with van der Waals surface area (Å²) in [4.78, 5) is 25.9. The molecule has 0 radical (unpaired) electrons. The summed E-state index contributed by atoms with van der Waals surface area (Å²) in [5, 5.41) is 13.0.